The summed E-state index contributed by atoms with van der Waals surface area (Å²) in [4.78, 5) is 29.2. The van der Waals surface area contributed by atoms with Gasteiger partial charge in [-0.25, -0.2) is 0 Å². The third-order valence-electron chi connectivity index (χ3n) is 8.15. The topological polar surface area (TPSA) is 70.7 Å². The largest absolute Gasteiger partial charge is 0.573 e. The number of benzene rings is 2. The molecule has 1 aliphatic carbocycles. The van der Waals surface area contributed by atoms with Crippen LogP contribution in [0, 0.1) is 5.92 Å². The first-order chi connectivity index (χ1) is 18.8. The second-order valence-corrected chi connectivity index (χ2v) is 10.8. The first-order valence-corrected chi connectivity index (χ1v) is 13.2. The van der Waals surface area contributed by atoms with Crippen LogP contribution in [0.4, 0.5) is 26.3 Å². The molecule has 2 bridgehead atoms. The highest BCUT2D eigenvalue weighted by atomic mass is 19.4. The highest BCUT2D eigenvalue weighted by Crippen LogP contribution is 2.49. The summed E-state index contributed by atoms with van der Waals surface area (Å²) in [5.74, 6) is -0.970. The van der Waals surface area contributed by atoms with Gasteiger partial charge in [0.15, 0.2) is 0 Å². The molecule has 3 aliphatic heterocycles. The van der Waals surface area contributed by atoms with E-state index in [0.717, 1.165) is 50.2 Å². The maximum atomic E-state index is 13.5. The summed E-state index contributed by atoms with van der Waals surface area (Å²) in [6, 6.07) is 8.37. The van der Waals surface area contributed by atoms with Gasteiger partial charge in [0.2, 0.25) is 11.8 Å². The fraction of sp³-hybridized carbons (Fsp3) is 0.500. The van der Waals surface area contributed by atoms with Crippen LogP contribution in [0.3, 0.4) is 0 Å². The monoisotopic (exact) mass is 569 g/mol. The molecule has 0 radical (unpaired) electrons. The second-order valence-electron chi connectivity index (χ2n) is 10.8. The first kappa shape index (κ1) is 28.3. The van der Waals surface area contributed by atoms with Crippen LogP contribution in [0.15, 0.2) is 48.5 Å². The lowest BCUT2D eigenvalue weighted by Gasteiger charge is -2.45. The van der Waals surface area contributed by atoms with Crippen molar-refractivity contribution in [1.82, 2.24) is 15.5 Å². The average molecular weight is 570 g/mol. The molecule has 2 atom stereocenters. The lowest BCUT2D eigenvalue weighted by molar-refractivity contribution is -0.274. The van der Waals surface area contributed by atoms with E-state index in [1.807, 2.05) is 0 Å². The summed E-state index contributed by atoms with van der Waals surface area (Å²) in [7, 11) is 0. The second kappa shape index (κ2) is 10.6. The van der Waals surface area contributed by atoms with Crippen LogP contribution in [0.1, 0.15) is 42.4 Å². The molecule has 3 heterocycles. The molecule has 6 rings (SSSR count). The molecular weight excluding hydrogens is 540 g/mol. The number of piperidine rings is 3. The number of alkyl halides is 6. The maximum Gasteiger partial charge on any atom is 0.573 e. The van der Waals surface area contributed by atoms with Crippen molar-refractivity contribution in [1.29, 1.82) is 0 Å². The molecule has 0 spiro atoms. The minimum atomic E-state index is -4.84. The fourth-order valence-corrected chi connectivity index (χ4v) is 5.73. The zero-order valence-corrected chi connectivity index (χ0v) is 21.4. The molecule has 2 N–H and O–H groups in total. The first-order valence-electron chi connectivity index (χ1n) is 13.2. The number of halogens is 6. The number of carbonyl (C=O) groups excluding carboxylic acids is 2. The molecule has 3 saturated heterocycles. The number of amides is 2. The van der Waals surface area contributed by atoms with Crippen LogP contribution in [-0.2, 0) is 27.6 Å². The highest BCUT2D eigenvalue weighted by molar-refractivity contribution is 5.95. The van der Waals surface area contributed by atoms with Crippen molar-refractivity contribution in [2.24, 2.45) is 5.92 Å². The van der Waals surface area contributed by atoms with Crippen molar-refractivity contribution in [2.75, 3.05) is 19.6 Å². The van der Waals surface area contributed by atoms with E-state index < -0.39 is 47.1 Å². The van der Waals surface area contributed by atoms with Gasteiger partial charge in [-0.15, -0.1) is 13.2 Å². The number of nitrogens with zero attached hydrogens (tertiary/aromatic N) is 1. The van der Waals surface area contributed by atoms with E-state index in [2.05, 4.69) is 20.3 Å². The van der Waals surface area contributed by atoms with Crippen LogP contribution in [0.5, 0.6) is 5.75 Å². The van der Waals surface area contributed by atoms with Gasteiger partial charge in [-0.05, 0) is 80.1 Å². The molecule has 12 heteroatoms. The quantitative estimate of drug-likeness (QED) is 0.457. The maximum absolute atomic E-state index is 13.5. The van der Waals surface area contributed by atoms with Crippen molar-refractivity contribution in [2.45, 2.75) is 62.1 Å². The Balaban J connectivity index is 1.32. The molecule has 0 aromatic heterocycles. The smallest absolute Gasteiger partial charge is 0.406 e. The molecule has 2 aromatic rings. The summed E-state index contributed by atoms with van der Waals surface area (Å²) in [6.45, 7) is 2.64. The highest BCUT2D eigenvalue weighted by Gasteiger charge is 2.52. The molecule has 6 nitrogen and oxygen atoms in total. The van der Waals surface area contributed by atoms with Gasteiger partial charge in [-0.3, -0.25) is 9.59 Å². The predicted octanol–water partition coefficient (Wildman–Crippen LogP) is 4.57. The normalized spacial score (nSPS) is 24.2. The number of hydrogen-bond donors (Lipinski definition) is 2. The standard InChI is InChI=1S/C28H29F6N3O3/c29-27(30,31)20-3-1-17(2-4-20)15-22(24(38)35-23-16-37-13-9-18(23)10-14-37)36-25(39)26(11-12-26)19-5-7-21(8-6-19)40-28(32,33)34/h1-8,18,22-23H,9-16H2,(H,35,38)(H,36,39)/t22?,23-/m1/s1. The van der Waals surface area contributed by atoms with E-state index >= 15 is 0 Å². The zero-order chi connectivity index (χ0) is 28.7. The van der Waals surface area contributed by atoms with Crippen LogP contribution in [-0.4, -0.2) is 54.8 Å². The summed E-state index contributed by atoms with van der Waals surface area (Å²) in [5.41, 5.74) is -0.889. The summed E-state index contributed by atoms with van der Waals surface area (Å²) < 4.78 is 80.6. The van der Waals surface area contributed by atoms with Gasteiger partial charge in [-0.1, -0.05) is 24.3 Å². The Kier molecular flexibility index (Phi) is 7.49. The van der Waals surface area contributed by atoms with Gasteiger partial charge in [0.05, 0.1) is 11.0 Å². The predicted molar refractivity (Wildman–Crippen MR) is 132 cm³/mol. The molecule has 40 heavy (non-hydrogen) atoms. The molecular formula is C28H29F6N3O3. The molecule has 1 saturated carbocycles. The molecule has 4 fully saturated rings. The molecule has 4 aliphatic rings. The Morgan fingerprint density at radius 3 is 2.08 bits per heavy atom. The molecule has 2 aromatic carbocycles. The number of ether oxygens (including phenoxy) is 1. The lowest BCUT2D eigenvalue weighted by Crippen LogP contribution is -2.60. The van der Waals surface area contributed by atoms with Gasteiger partial charge >= 0.3 is 12.5 Å². The third kappa shape index (κ3) is 6.37. The van der Waals surface area contributed by atoms with Crippen molar-refractivity contribution in [3.63, 3.8) is 0 Å². The van der Waals surface area contributed by atoms with Crippen molar-refractivity contribution < 1.29 is 40.7 Å². The van der Waals surface area contributed by atoms with Gasteiger partial charge in [-0.2, -0.15) is 13.2 Å². The lowest BCUT2D eigenvalue weighted by atomic mass is 9.84. The average Bonchev–Trinajstić information content (AvgIpc) is 3.70. The van der Waals surface area contributed by atoms with E-state index in [1.54, 1.807) is 0 Å². The number of fused-ring (bicyclic) bond motifs is 3. The SMILES string of the molecule is O=C(N[C@@H]1CN2CCC1CC2)C(Cc1ccc(C(F)(F)F)cc1)NC(=O)C1(c2ccc(OC(F)(F)F)cc2)CC1. The van der Waals surface area contributed by atoms with Gasteiger partial charge in [0, 0.05) is 19.0 Å². The molecule has 2 amide bonds. The van der Waals surface area contributed by atoms with Gasteiger partial charge < -0.3 is 20.3 Å². The molecule has 216 valence electrons. The number of carbonyl (C=O) groups is 2. The van der Waals surface area contributed by atoms with Gasteiger partial charge in [0.25, 0.3) is 0 Å². The van der Waals surface area contributed by atoms with E-state index in [0.29, 0.717) is 36.4 Å². The minimum Gasteiger partial charge on any atom is -0.406 e. The summed E-state index contributed by atoms with van der Waals surface area (Å²) >= 11 is 0. The Morgan fingerprint density at radius 1 is 0.950 bits per heavy atom. The Bertz CT molecular complexity index is 1220. The number of hydrogen-bond acceptors (Lipinski definition) is 4. The Hall–Kier alpha value is -3.28. The van der Waals surface area contributed by atoms with Crippen LogP contribution >= 0.6 is 0 Å². The van der Waals surface area contributed by atoms with Crippen LogP contribution < -0.4 is 15.4 Å². The third-order valence-corrected chi connectivity index (χ3v) is 8.15. The van der Waals surface area contributed by atoms with Crippen molar-refractivity contribution in [3.8, 4) is 5.75 Å². The molecule has 1 unspecified atom stereocenters. The Labute approximate surface area is 227 Å². The van der Waals surface area contributed by atoms with E-state index in [1.165, 1.54) is 24.3 Å². The van der Waals surface area contributed by atoms with E-state index in [9.17, 15) is 35.9 Å². The summed E-state index contributed by atoms with van der Waals surface area (Å²) in [6.07, 6.45) is -6.58. The zero-order valence-electron chi connectivity index (χ0n) is 21.4. The van der Waals surface area contributed by atoms with Crippen molar-refractivity contribution >= 4 is 11.8 Å². The van der Waals surface area contributed by atoms with Gasteiger partial charge in [0.1, 0.15) is 11.8 Å². The van der Waals surface area contributed by atoms with E-state index in [4.69, 9.17) is 0 Å². The fourth-order valence-electron chi connectivity index (χ4n) is 5.73. The van der Waals surface area contributed by atoms with Crippen molar-refractivity contribution in [3.05, 3.63) is 65.2 Å². The number of nitrogens with one attached hydrogen (secondary N) is 2. The summed E-state index contributed by atoms with van der Waals surface area (Å²) in [5, 5.41) is 5.85. The van der Waals surface area contributed by atoms with Crippen LogP contribution in [0.25, 0.3) is 0 Å². The number of rotatable bonds is 8. The van der Waals surface area contributed by atoms with Crippen LogP contribution in [0.2, 0.25) is 0 Å². The minimum absolute atomic E-state index is 0.0226. The Morgan fingerprint density at radius 2 is 1.57 bits per heavy atom. The van der Waals surface area contributed by atoms with E-state index in [-0.39, 0.29) is 12.5 Å².